The third kappa shape index (κ3) is 2.72. The minimum absolute atomic E-state index is 0.391. The molecular formula is C12H12N4O2S. The van der Waals surface area contributed by atoms with Crippen LogP contribution in [0.5, 0.6) is 11.5 Å². The summed E-state index contributed by atoms with van der Waals surface area (Å²) in [5.41, 5.74) is 2.42. The Morgan fingerprint density at radius 2 is 2.00 bits per heavy atom. The summed E-state index contributed by atoms with van der Waals surface area (Å²) < 4.78 is 11.0. The molecule has 0 unspecified atom stereocenters. The fourth-order valence-electron chi connectivity index (χ4n) is 1.68. The summed E-state index contributed by atoms with van der Waals surface area (Å²) in [6.07, 6.45) is 1.66. The zero-order valence-corrected chi connectivity index (χ0v) is 10.8. The van der Waals surface area contributed by atoms with Crippen LogP contribution in [0.1, 0.15) is 0 Å². The third-order valence-corrected chi connectivity index (χ3v) is 3.42. The van der Waals surface area contributed by atoms with Gasteiger partial charge in [-0.3, -0.25) is 5.43 Å². The molecule has 2 aromatic rings. The maximum absolute atomic E-state index is 5.54. The highest BCUT2D eigenvalue weighted by Gasteiger charge is 2.12. The van der Waals surface area contributed by atoms with Gasteiger partial charge in [0, 0.05) is 11.1 Å². The number of hydrazine groups is 1. The average molecular weight is 276 g/mol. The second-order valence-electron chi connectivity index (χ2n) is 3.77. The Kier molecular flexibility index (Phi) is 3.39. The van der Waals surface area contributed by atoms with E-state index in [-0.39, 0.29) is 0 Å². The zero-order valence-electron chi connectivity index (χ0n) is 10.00. The molecule has 98 valence electrons. The molecule has 0 fully saturated rings. The molecule has 3 N–H and O–H groups in total. The van der Waals surface area contributed by atoms with E-state index in [2.05, 4.69) is 15.4 Å². The van der Waals surface area contributed by atoms with Crippen molar-refractivity contribution in [3.8, 4) is 11.5 Å². The minimum atomic E-state index is 0.391. The van der Waals surface area contributed by atoms with E-state index in [1.807, 2.05) is 24.3 Å². The third-order valence-electron chi connectivity index (χ3n) is 2.50. The molecule has 0 amide bonds. The Bertz CT molecular complexity index is 594. The first kappa shape index (κ1) is 12.1. The number of hydrogen-bond acceptors (Lipinski definition) is 7. The molecule has 2 heterocycles. The quantitative estimate of drug-likeness (QED) is 0.501. The predicted molar refractivity (Wildman–Crippen MR) is 71.4 cm³/mol. The van der Waals surface area contributed by atoms with Crippen molar-refractivity contribution in [2.45, 2.75) is 9.92 Å². The molecule has 0 saturated heterocycles. The van der Waals surface area contributed by atoms with Crippen molar-refractivity contribution in [3.63, 3.8) is 0 Å². The van der Waals surface area contributed by atoms with Crippen LogP contribution in [-0.4, -0.2) is 23.2 Å². The molecule has 0 atom stereocenters. The lowest BCUT2D eigenvalue weighted by Gasteiger charge is -2.18. The Morgan fingerprint density at radius 3 is 2.84 bits per heavy atom. The molecule has 7 heteroatoms. The van der Waals surface area contributed by atoms with Crippen LogP contribution in [0.15, 0.2) is 40.4 Å². The maximum Gasteiger partial charge on any atom is 0.238 e. The summed E-state index contributed by atoms with van der Waals surface area (Å²) >= 11 is 1.51. The van der Waals surface area contributed by atoms with E-state index in [9.17, 15) is 0 Å². The minimum Gasteiger partial charge on any atom is -0.486 e. The van der Waals surface area contributed by atoms with Gasteiger partial charge in [-0.25, -0.2) is 15.8 Å². The summed E-state index contributed by atoms with van der Waals surface area (Å²) in [4.78, 5) is 9.23. The van der Waals surface area contributed by atoms with E-state index < -0.39 is 0 Å². The Hall–Kier alpha value is -1.99. The second-order valence-corrected chi connectivity index (χ2v) is 4.86. The topological polar surface area (TPSA) is 82.3 Å². The number of fused-ring (bicyclic) bond motifs is 1. The Morgan fingerprint density at radius 1 is 1.16 bits per heavy atom. The average Bonchev–Trinajstić information content (AvgIpc) is 2.47. The first-order valence-electron chi connectivity index (χ1n) is 5.72. The number of nitrogens with zero attached hydrogens (tertiary/aromatic N) is 2. The highest BCUT2D eigenvalue weighted by molar-refractivity contribution is 7.99. The largest absolute Gasteiger partial charge is 0.486 e. The lowest BCUT2D eigenvalue weighted by molar-refractivity contribution is 0.171. The van der Waals surface area contributed by atoms with Gasteiger partial charge in [-0.05, 0) is 24.3 Å². The molecule has 1 aliphatic rings. The van der Waals surface area contributed by atoms with Crippen molar-refractivity contribution in [2.75, 3.05) is 18.6 Å². The van der Waals surface area contributed by atoms with Crippen LogP contribution in [-0.2, 0) is 0 Å². The Labute approximate surface area is 114 Å². The number of nitrogen functional groups attached to an aromatic ring is 1. The smallest absolute Gasteiger partial charge is 0.238 e. The van der Waals surface area contributed by atoms with Crippen molar-refractivity contribution in [3.05, 3.63) is 30.5 Å². The highest BCUT2D eigenvalue weighted by atomic mass is 32.2. The number of ether oxygens (including phenoxy) is 2. The van der Waals surface area contributed by atoms with Crippen LogP contribution in [0, 0.1) is 0 Å². The van der Waals surface area contributed by atoms with E-state index >= 15 is 0 Å². The summed E-state index contributed by atoms with van der Waals surface area (Å²) in [5, 5.41) is 0.805. The van der Waals surface area contributed by atoms with Crippen LogP contribution < -0.4 is 20.7 Å². The molecule has 6 nitrogen and oxygen atoms in total. The molecule has 19 heavy (non-hydrogen) atoms. The number of aromatic nitrogens is 2. The fraction of sp³-hybridized carbons (Fsp3) is 0.167. The van der Waals surface area contributed by atoms with E-state index in [1.165, 1.54) is 11.8 Å². The van der Waals surface area contributed by atoms with Gasteiger partial charge in [0.2, 0.25) is 5.95 Å². The van der Waals surface area contributed by atoms with Crippen LogP contribution >= 0.6 is 11.8 Å². The molecule has 1 aromatic heterocycles. The van der Waals surface area contributed by atoms with Gasteiger partial charge >= 0.3 is 0 Å². The summed E-state index contributed by atoms with van der Waals surface area (Å²) in [5.74, 6) is 7.22. The molecule has 0 aliphatic carbocycles. The molecule has 3 rings (SSSR count). The van der Waals surface area contributed by atoms with Gasteiger partial charge in [0.25, 0.3) is 0 Å². The zero-order chi connectivity index (χ0) is 13.1. The van der Waals surface area contributed by atoms with Crippen molar-refractivity contribution < 1.29 is 9.47 Å². The number of nitrogens with two attached hydrogens (primary N) is 1. The van der Waals surface area contributed by atoms with Crippen molar-refractivity contribution >= 4 is 17.7 Å². The predicted octanol–water partition coefficient (Wildman–Crippen LogP) is 1.68. The molecule has 1 aromatic carbocycles. The first-order valence-corrected chi connectivity index (χ1v) is 6.54. The molecule has 0 bridgehead atoms. The molecule has 0 saturated carbocycles. The molecule has 1 aliphatic heterocycles. The fourth-order valence-corrected chi connectivity index (χ4v) is 2.48. The number of nitrogens with one attached hydrogen (secondary N) is 1. The van der Waals surface area contributed by atoms with Crippen LogP contribution in [0.4, 0.5) is 5.95 Å². The summed E-state index contributed by atoms with van der Waals surface area (Å²) in [6, 6.07) is 7.63. The van der Waals surface area contributed by atoms with Gasteiger partial charge in [-0.1, -0.05) is 11.8 Å². The van der Waals surface area contributed by atoms with Gasteiger partial charge in [0.05, 0.1) is 0 Å². The number of benzene rings is 1. The number of hydrogen-bond donors (Lipinski definition) is 2. The van der Waals surface area contributed by atoms with Crippen LogP contribution in [0.2, 0.25) is 0 Å². The summed E-state index contributed by atoms with van der Waals surface area (Å²) in [6.45, 7) is 1.17. The summed E-state index contributed by atoms with van der Waals surface area (Å²) in [7, 11) is 0. The normalized spacial score (nSPS) is 13.1. The molecular weight excluding hydrogens is 264 g/mol. The second kappa shape index (κ2) is 5.33. The molecule has 0 spiro atoms. The SMILES string of the molecule is NNc1nccc(Sc2ccc3c(c2)OCCO3)n1. The van der Waals surface area contributed by atoms with Crippen molar-refractivity contribution in [2.24, 2.45) is 5.84 Å². The number of rotatable bonds is 3. The van der Waals surface area contributed by atoms with E-state index in [1.54, 1.807) is 6.20 Å². The lowest BCUT2D eigenvalue weighted by atomic mass is 10.3. The standard InChI is InChI=1S/C12H12N4O2S/c13-16-12-14-4-3-11(15-12)19-8-1-2-9-10(7-8)18-6-5-17-9/h1-4,7H,5-6,13H2,(H,14,15,16). The van der Waals surface area contributed by atoms with Gasteiger partial charge in [-0.15, -0.1) is 0 Å². The number of anilines is 1. The lowest BCUT2D eigenvalue weighted by Crippen LogP contribution is -2.15. The monoisotopic (exact) mass is 276 g/mol. The van der Waals surface area contributed by atoms with E-state index in [4.69, 9.17) is 15.3 Å². The van der Waals surface area contributed by atoms with Gasteiger partial charge in [-0.2, -0.15) is 0 Å². The van der Waals surface area contributed by atoms with Gasteiger partial charge in [0.1, 0.15) is 18.2 Å². The van der Waals surface area contributed by atoms with E-state index in [0.29, 0.717) is 19.2 Å². The van der Waals surface area contributed by atoms with Gasteiger partial charge < -0.3 is 9.47 Å². The molecule has 0 radical (unpaired) electrons. The van der Waals surface area contributed by atoms with E-state index in [0.717, 1.165) is 21.4 Å². The maximum atomic E-state index is 5.54. The van der Waals surface area contributed by atoms with Crippen LogP contribution in [0.3, 0.4) is 0 Å². The van der Waals surface area contributed by atoms with Gasteiger partial charge in [0.15, 0.2) is 11.5 Å². The van der Waals surface area contributed by atoms with Crippen molar-refractivity contribution in [1.29, 1.82) is 0 Å². The highest BCUT2D eigenvalue weighted by Crippen LogP contribution is 2.36. The van der Waals surface area contributed by atoms with Crippen LogP contribution in [0.25, 0.3) is 0 Å². The first-order chi connectivity index (χ1) is 9.35. The Balaban J connectivity index is 1.82. The van der Waals surface area contributed by atoms with Crippen molar-refractivity contribution in [1.82, 2.24) is 9.97 Å².